The third-order valence-corrected chi connectivity index (χ3v) is 6.44. The largest absolute Gasteiger partial charge is 0.493 e. The molecule has 2 aliphatic heterocycles. The first kappa shape index (κ1) is 17.7. The molecule has 0 aromatic heterocycles. The molecule has 1 spiro atoms. The van der Waals surface area contributed by atoms with E-state index in [0.29, 0.717) is 5.75 Å². The summed E-state index contributed by atoms with van der Waals surface area (Å²) in [7, 11) is 6.92. The Hall–Kier alpha value is -1.72. The van der Waals surface area contributed by atoms with Crippen molar-refractivity contribution >= 4 is 0 Å². The van der Waals surface area contributed by atoms with Crippen molar-refractivity contribution in [3.63, 3.8) is 0 Å². The molecule has 1 fully saturated rings. The average molecular weight is 359 g/mol. The number of rotatable bonds is 4. The fourth-order valence-corrected chi connectivity index (χ4v) is 5.29. The average Bonchev–Trinajstić information content (AvgIpc) is 2.98. The van der Waals surface area contributed by atoms with E-state index in [1.165, 1.54) is 16.7 Å². The molecule has 4 rings (SSSR count). The quantitative estimate of drug-likeness (QED) is 0.772. The van der Waals surface area contributed by atoms with E-state index >= 15 is 0 Å². The summed E-state index contributed by atoms with van der Waals surface area (Å²) in [6.45, 7) is 2.20. The van der Waals surface area contributed by atoms with Gasteiger partial charge in [0.1, 0.15) is 0 Å². The van der Waals surface area contributed by atoms with Gasteiger partial charge in [-0.25, -0.2) is 0 Å². The van der Waals surface area contributed by atoms with Crippen LogP contribution in [0.2, 0.25) is 0 Å². The molecule has 142 valence electrons. The van der Waals surface area contributed by atoms with E-state index < -0.39 is 0 Å². The topological polar surface area (TPSA) is 40.2 Å². The van der Waals surface area contributed by atoms with Crippen LogP contribution < -0.4 is 14.2 Å². The van der Waals surface area contributed by atoms with Crippen LogP contribution in [0.25, 0.3) is 0 Å². The van der Waals surface area contributed by atoms with Crippen molar-refractivity contribution in [1.82, 2.24) is 4.90 Å². The summed E-state index contributed by atoms with van der Waals surface area (Å²) in [5.41, 5.74) is 4.01. The zero-order chi connectivity index (χ0) is 18.3. The van der Waals surface area contributed by atoms with Crippen molar-refractivity contribution < 1.29 is 18.9 Å². The zero-order valence-corrected chi connectivity index (χ0v) is 16.3. The molecule has 2 heterocycles. The van der Waals surface area contributed by atoms with Gasteiger partial charge in [-0.1, -0.05) is 6.08 Å². The van der Waals surface area contributed by atoms with E-state index in [2.05, 4.69) is 17.0 Å². The minimum Gasteiger partial charge on any atom is -0.493 e. The Morgan fingerprint density at radius 3 is 2.50 bits per heavy atom. The summed E-state index contributed by atoms with van der Waals surface area (Å²) >= 11 is 0. The van der Waals surface area contributed by atoms with Crippen molar-refractivity contribution in [2.24, 2.45) is 0 Å². The number of hydrogen-bond acceptors (Lipinski definition) is 5. The lowest BCUT2D eigenvalue weighted by molar-refractivity contribution is 0.0346. The molecule has 0 saturated carbocycles. The van der Waals surface area contributed by atoms with Gasteiger partial charge < -0.3 is 18.9 Å². The molecule has 2 unspecified atom stereocenters. The van der Waals surface area contributed by atoms with Gasteiger partial charge in [-0.2, -0.15) is 0 Å². The highest BCUT2D eigenvalue weighted by Crippen LogP contribution is 2.56. The van der Waals surface area contributed by atoms with Crippen LogP contribution in [0.3, 0.4) is 0 Å². The number of benzene rings is 1. The van der Waals surface area contributed by atoms with Crippen LogP contribution in [-0.4, -0.2) is 52.5 Å². The molecular weight excluding hydrogens is 330 g/mol. The maximum absolute atomic E-state index is 5.84. The highest BCUT2D eigenvalue weighted by atomic mass is 16.5. The lowest BCUT2D eigenvalue weighted by Gasteiger charge is -2.44. The van der Waals surface area contributed by atoms with Crippen LogP contribution in [0, 0.1) is 0 Å². The number of nitrogens with zero attached hydrogens (tertiary/aromatic N) is 1. The van der Waals surface area contributed by atoms with Crippen molar-refractivity contribution in [3.8, 4) is 17.2 Å². The molecule has 26 heavy (non-hydrogen) atoms. The van der Waals surface area contributed by atoms with Gasteiger partial charge in [0.25, 0.3) is 0 Å². The van der Waals surface area contributed by atoms with Gasteiger partial charge in [-0.3, -0.25) is 4.90 Å². The molecule has 0 amide bonds. The van der Waals surface area contributed by atoms with Gasteiger partial charge >= 0.3 is 0 Å². The van der Waals surface area contributed by atoms with Crippen LogP contribution >= 0.6 is 0 Å². The number of fused-ring (bicyclic) bond motifs is 1. The van der Waals surface area contributed by atoms with Gasteiger partial charge in [0.2, 0.25) is 5.75 Å². The van der Waals surface area contributed by atoms with Gasteiger partial charge in [-0.15, -0.1) is 0 Å². The van der Waals surface area contributed by atoms with Gasteiger partial charge in [0.15, 0.2) is 11.5 Å². The predicted octanol–water partition coefficient (Wildman–Crippen LogP) is 3.29. The van der Waals surface area contributed by atoms with Gasteiger partial charge in [0, 0.05) is 25.6 Å². The standard InChI is InChI=1S/C21H29NO4/c1-23-15-8-7-14-9-11-22-10-5-6-16-17(21(14,22)13-15)12-18(24-2)20(26-4)19(16)25-3/h7,12,15H,5-6,8-11,13H2,1-4H3. The van der Waals surface area contributed by atoms with Crippen LogP contribution in [-0.2, 0) is 16.7 Å². The predicted molar refractivity (Wildman–Crippen MR) is 100 cm³/mol. The van der Waals surface area contributed by atoms with Crippen molar-refractivity contribution in [1.29, 1.82) is 0 Å². The van der Waals surface area contributed by atoms with Crippen molar-refractivity contribution in [2.45, 2.75) is 43.7 Å². The monoisotopic (exact) mass is 359 g/mol. The summed E-state index contributed by atoms with van der Waals surface area (Å²) in [4.78, 5) is 2.65. The fourth-order valence-electron chi connectivity index (χ4n) is 5.29. The minimum absolute atomic E-state index is 0.0996. The third kappa shape index (κ3) is 2.37. The second kappa shape index (κ2) is 6.78. The van der Waals surface area contributed by atoms with E-state index in [1.807, 2.05) is 7.11 Å². The molecule has 2 atom stereocenters. The Kier molecular flexibility index (Phi) is 4.61. The van der Waals surface area contributed by atoms with E-state index in [-0.39, 0.29) is 11.6 Å². The molecule has 1 aliphatic carbocycles. The van der Waals surface area contributed by atoms with Crippen LogP contribution in [0.15, 0.2) is 17.7 Å². The Morgan fingerprint density at radius 2 is 1.81 bits per heavy atom. The minimum atomic E-state index is -0.0996. The zero-order valence-electron chi connectivity index (χ0n) is 16.3. The summed E-state index contributed by atoms with van der Waals surface area (Å²) in [5, 5.41) is 0. The summed E-state index contributed by atoms with van der Waals surface area (Å²) < 4.78 is 23.0. The van der Waals surface area contributed by atoms with Crippen LogP contribution in [0.1, 0.15) is 36.8 Å². The Balaban J connectivity index is 1.99. The molecule has 1 aromatic carbocycles. The Labute approximate surface area is 155 Å². The first-order valence-electron chi connectivity index (χ1n) is 9.49. The fraction of sp³-hybridized carbons (Fsp3) is 0.619. The van der Waals surface area contributed by atoms with E-state index in [4.69, 9.17) is 18.9 Å². The molecule has 5 heteroatoms. The first-order chi connectivity index (χ1) is 12.7. The Morgan fingerprint density at radius 1 is 1.00 bits per heavy atom. The van der Waals surface area contributed by atoms with Gasteiger partial charge in [0.05, 0.1) is 33.0 Å². The smallest absolute Gasteiger partial charge is 0.203 e. The molecule has 1 aromatic rings. The lowest BCUT2D eigenvalue weighted by Crippen LogP contribution is -2.46. The molecule has 5 nitrogen and oxygen atoms in total. The number of methoxy groups -OCH3 is 4. The molecule has 3 aliphatic rings. The third-order valence-electron chi connectivity index (χ3n) is 6.44. The Bertz CT molecular complexity index is 729. The molecule has 0 radical (unpaired) electrons. The first-order valence-corrected chi connectivity index (χ1v) is 9.49. The van der Waals surface area contributed by atoms with Crippen LogP contribution in [0.5, 0.6) is 17.2 Å². The van der Waals surface area contributed by atoms with E-state index in [9.17, 15) is 0 Å². The molecule has 0 bridgehead atoms. The maximum Gasteiger partial charge on any atom is 0.203 e. The normalized spacial score (nSPS) is 27.7. The van der Waals surface area contributed by atoms with E-state index in [1.54, 1.807) is 21.3 Å². The summed E-state index contributed by atoms with van der Waals surface area (Å²) in [6.07, 6.45) is 7.88. The molecule has 0 N–H and O–H groups in total. The van der Waals surface area contributed by atoms with Crippen LogP contribution in [0.4, 0.5) is 0 Å². The highest BCUT2D eigenvalue weighted by Gasteiger charge is 2.51. The molecule has 1 saturated heterocycles. The second-order valence-corrected chi connectivity index (χ2v) is 7.40. The molecular formula is C21H29NO4. The summed E-state index contributed by atoms with van der Waals surface area (Å²) in [5.74, 6) is 2.26. The highest BCUT2D eigenvalue weighted by molar-refractivity contribution is 5.63. The number of hydrogen-bond donors (Lipinski definition) is 0. The van der Waals surface area contributed by atoms with Gasteiger partial charge in [-0.05, 0) is 49.4 Å². The van der Waals surface area contributed by atoms with Crippen molar-refractivity contribution in [3.05, 3.63) is 28.8 Å². The second-order valence-electron chi connectivity index (χ2n) is 7.40. The van der Waals surface area contributed by atoms with Crippen molar-refractivity contribution in [2.75, 3.05) is 41.5 Å². The van der Waals surface area contributed by atoms with E-state index in [0.717, 1.165) is 56.7 Å². The lowest BCUT2D eigenvalue weighted by atomic mass is 9.73. The maximum atomic E-state index is 5.84. The number of ether oxygens (including phenoxy) is 4. The SMILES string of the molecule is COc1cc2c(c(OC)c1OC)CCCN1CCC3=CCC(OC)CC321. The summed E-state index contributed by atoms with van der Waals surface area (Å²) in [6, 6.07) is 2.19.